The summed E-state index contributed by atoms with van der Waals surface area (Å²) in [6.45, 7) is 2.21. The van der Waals surface area contributed by atoms with E-state index in [0.29, 0.717) is 25.2 Å². The van der Waals surface area contributed by atoms with E-state index in [0.717, 1.165) is 28.1 Å². The summed E-state index contributed by atoms with van der Waals surface area (Å²) >= 11 is 1.61. The van der Waals surface area contributed by atoms with E-state index in [4.69, 9.17) is 0 Å². The predicted octanol–water partition coefficient (Wildman–Crippen LogP) is 3.14. The van der Waals surface area contributed by atoms with Crippen molar-refractivity contribution in [2.24, 2.45) is 5.92 Å². The van der Waals surface area contributed by atoms with Crippen LogP contribution in [0, 0.1) is 5.92 Å². The van der Waals surface area contributed by atoms with Crippen molar-refractivity contribution in [1.82, 2.24) is 4.98 Å². The number of hydrogen-bond acceptors (Lipinski definition) is 4. The highest BCUT2D eigenvalue weighted by atomic mass is 32.1. The monoisotopic (exact) mass is 291 g/mol. The van der Waals surface area contributed by atoms with Gasteiger partial charge in [0.15, 0.2) is 0 Å². The van der Waals surface area contributed by atoms with Crippen LogP contribution in [0.4, 0.5) is 0 Å². The van der Waals surface area contributed by atoms with Gasteiger partial charge in [0.2, 0.25) is 0 Å². The number of aliphatic hydroxyl groups excluding tert-OH is 1. The Bertz CT molecular complexity index is 554. The Labute approximate surface area is 123 Å². The van der Waals surface area contributed by atoms with Crippen molar-refractivity contribution in [3.05, 3.63) is 29.3 Å². The summed E-state index contributed by atoms with van der Waals surface area (Å²) in [7, 11) is 0. The lowest BCUT2D eigenvalue weighted by molar-refractivity contribution is -0.102. The second-order valence-electron chi connectivity index (χ2n) is 6.08. The third kappa shape index (κ3) is 2.73. The molecule has 1 heterocycles. The summed E-state index contributed by atoms with van der Waals surface area (Å²) in [4.78, 5) is 4.54. The van der Waals surface area contributed by atoms with E-state index in [9.17, 15) is 10.2 Å². The molecule has 2 aromatic rings. The molecule has 1 aliphatic carbocycles. The van der Waals surface area contributed by atoms with Gasteiger partial charge in [-0.3, -0.25) is 0 Å². The van der Waals surface area contributed by atoms with Crippen LogP contribution in [0.25, 0.3) is 10.2 Å². The van der Waals surface area contributed by atoms with Crippen molar-refractivity contribution >= 4 is 21.6 Å². The molecular weight excluding hydrogens is 270 g/mol. The Morgan fingerprint density at radius 1 is 1.35 bits per heavy atom. The van der Waals surface area contributed by atoms with E-state index in [-0.39, 0.29) is 0 Å². The first-order valence-corrected chi connectivity index (χ1v) is 8.13. The number of fused-ring (bicyclic) bond motifs is 1. The van der Waals surface area contributed by atoms with Crippen LogP contribution in [0.5, 0.6) is 0 Å². The van der Waals surface area contributed by atoms with E-state index in [2.05, 4.69) is 11.9 Å². The number of nitrogens with zero attached hydrogens (tertiary/aromatic N) is 1. The van der Waals surface area contributed by atoms with Crippen molar-refractivity contribution in [1.29, 1.82) is 0 Å². The van der Waals surface area contributed by atoms with Crippen LogP contribution < -0.4 is 0 Å². The second kappa shape index (κ2) is 5.43. The lowest BCUT2D eigenvalue weighted by atomic mass is 9.76. The van der Waals surface area contributed by atoms with Gasteiger partial charge in [-0.2, -0.15) is 0 Å². The number of aliphatic hydroxyl groups is 2. The predicted molar refractivity (Wildman–Crippen MR) is 81.9 cm³/mol. The number of hydrogen-bond donors (Lipinski definition) is 2. The Morgan fingerprint density at radius 3 is 2.75 bits per heavy atom. The van der Waals surface area contributed by atoms with Gasteiger partial charge in [0.1, 0.15) is 0 Å². The maximum absolute atomic E-state index is 10.6. The van der Waals surface area contributed by atoms with E-state index >= 15 is 0 Å². The third-order valence-electron chi connectivity index (χ3n) is 4.47. The van der Waals surface area contributed by atoms with Crippen LogP contribution in [0.1, 0.15) is 37.6 Å². The number of aromatic nitrogens is 1. The Kier molecular flexibility index (Phi) is 3.80. The molecule has 4 heteroatoms. The molecule has 20 heavy (non-hydrogen) atoms. The fourth-order valence-electron chi connectivity index (χ4n) is 2.96. The van der Waals surface area contributed by atoms with Crippen molar-refractivity contribution in [3.63, 3.8) is 0 Å². The smallest absolute Gasteiger partial charge is 0.0965 e. The van der Waals surface area contributed by atoms with Crippen LogP contribution in [0.3, 0.4) is 0 Å². The molecule has 1 aromatic heterocycles. The summed E-state index contributed by atoms with van der Waals surface area (Å²) in [5.41, 5.74) is 0.0497. The SMILES string of the molecule is CC1CCC(O)(C(O)Cc2nc3ccccc3s2)CC1. The summed E-state index contributed by atoms with van der Waals surface area (Å²) < 4.78 is 1.14. The quantitative estimate of drug-likeness (QED) is 0.913. The number of benzene rings is 1. The normalized spacial score (nSPS) is 28.6. The maximum Gasteiger partial charge on any atom is 0.0965 e. The molecular formula is C16H21NO2S. The molecule has 1 saturated carbocycles. The third-order valence-corrected chi connectivity index (χ3v) is 5.53. The van der Waals surface area contributed by atoms with E-state index in [1.165, 1.54) is 0 Å². The minimum absolute atomic E-state index is 0.449. The average Bonchev–Trinajstić information content (AvgIpc) is 2.84. The fourth-order valence-corrected chi connectivity index (χ4v) is 3.96. The maximum atomic E-state index is 10.6. The zero-order valence-electron chi connectivity index (χ0n) is 11.7. The van der Waals surface area contributed by atoms with Gasteiger partial charge in [0.05, 0.1) is 26.9 Å². The topological polar surface area (TPSA) is 53.4 Å². The average molecular weight is 291 g/mol. The van der Waals surface area contributed by atoms with Gasteiger partial charge in [-0.1, -0.05) is 19.1 Å². The molecule has 0 aliphatic heterocycles. The molecule has 3 rings (SSSR count). The van der Waals surface area contributed by atoms with E-state index < -0.39 is 11.7 Å². The van der Waals surface area contributed by atoms with Gasteiger partial charge in [0, 0.05) is 6.42 Å². The minimum atomic E-state index is -0.926. The van der Waals surface area contributed by atoms with Crippen LogP contribution in [0.2, 0.25) is 0 Å². The lowest BCUT2D eigenvalue weighted by Gasteiger charge is -2.38. The molecule has 0 radical (unpaired) electrons. The molecule has 0 saturated heterocycles. The van der Waals surface area contributed by atoms with Crippen molar-refractivity contribution in [3.8, 4) is 0 Å². The fraction of sp³-hybridized carbons (Fsp3) is 0.562. The van der Waals surface area contributed by atoms with Crippen LogP contribution >= 0.6 is 11.3 Å². The van der Waals surface area contributed by atoms with Gasteiger partial charge in [0.25, 0.3) is 0 Å². The van der Waals surface area contributed by atoms with Crippen molar-refractivity contribution in [2.75, 3.05) is 0 Å². The molecule has 0 bridgehead atoms. The minimum Gasteiger partial charge on any atom is -0.390 e. The first-order valence-electron chi connectivity index (χ1n) is 7.32. The highest BCUT2D eigenvalue weighted by Crippen LogP contribution is 2.35. The number of thiazole rings is 1. The summed E-state index contributed by atoms with van der Waals surface area (Å²) in [5, 5.41) is 21.9. The molecule has 0 amide bonds. The molecule has 0 spiro atoms. The van der Waals surface area contributed by atoms with Crippen molar-refractivity contribution in [2.45, 2.75) is 50.7 Å². The Balaban J connectivity index is 1.73. The Hall–Kier alpha value is -0.970. The highest BCUT2D eigenvalue weighted by Gasteiger charge is 2.38. The van der Waals surface area contributed by atoms with Gasteiger partial charge < -0.3 is 10.2 Å². The zero-order valence-corrected chi connectivity index (χ0v) is 12.6. The molecule has 1 fully saturated rings. The highest BCUT2D eigenvalue weighted by molar-refractivity contribution is 7.18. The Morgan fingerprint density at radius 2 is 2.05 bits per heavy atom. The van der Waals surface area contributed by atoms with E-state index in [1.807, 2.05) is 24.3 Å². The van der Waals surface area contributed by atoms with E-state index in [1.54, 1.807) is 11.3 Å². The molecule has 2 N–H and O–H groups in total. The molecule has 108 valence electrons. The molecule has 1 unspecified atom stereocenters. The first kappa shape index (κ1) is 14.0. The molecule has 1 aliphatic rings. The largest absolute Gasteiger partial charge is 0.390 e. The number of rotatable bonds is 3. The van der Waals surface area contributed by atoms with Crippen LogP contribution in [-0.4, -0.2) is 26.9 Å². The number of para-hydroxylation sites is 1. The summed E-state index contributed by atoms with van der Waals surface area (Å²) in [6, 6.07) is 7.99. The zero-order chi connectivity index (χ0) is 14.2. The summed E-state index contributed by atoms with van der Waals surface area (Å²) in [5.74, 6) is 0.657. The molecule has 3 nitrogen and oxygen atoms in total. The lowest BCUT2D eigenvalue weighted by Crippen LogP contribution is -2.46. The van der Waals surface area contributed by atoms with Gasteiger partial charge in [-0.15, -0.1) is 11.3 Å². The van der Waals surface area contributed by atoms with Crippen LogP contribution in [-0.2, 0) is 6.42 Å². The summed E-state index contributed by atoms with van der Waals surface area (Å²) in [6.07, 6.45) is 3.11. The van der Waals surface area contributed by atoms with Gasteiger partial charge in [-0.05, 0) is 43.7 Å². The first-order chi connectivity index (χ1) is 9.57. The molecule has 1 aromatic carbocycles. The van der Waals surface area contributed by atoms with Crippen LogP contribution in [0.15, 0.2) is 24.3 Å². The van der Waals surface area contributed by atoms with Gasteiger partial charge in [-0.25, -0.2) is 4.98 Å². The standard InChI is InChI=1S/C16H21NO2S/c1-11-6-8-16(19,9-7-11)14(18)10-15-17-12-4-2-3-5-13(12)20-15/h2-5,11,14,18-19H,6-10H2,1H3. The molecule has 1 atom stereocenters. The van der Waals surface area contributed by atoms with Crippen molar-refractivity contribution < 1.29 is 10.2 Å². The second-order valence-corrected chi connectivity index (χ2v) is 7.20. The van der Waals surface area contributed by atoms with Gasteiger partial charge >= 0.3 is 0 Å².